The Bertz CT molecular complexity index is 1230. The van der Waals surface area contributed by atoms with E-state index in [4.69, 9.17) is 18.5 Å². The van der Waals surface area contributed by atoms with Crippen molar-refractivity contribution < 1.29 is 42.1 Å². The number of likely N-dealkylation sites (N-methyl/N-ethyl adjacent to an activating group) is 1. The van der Waals surface area contributed by atoms with Gasteiger partial charge in [-0.05, 0) is 70.6 Å². The number of esters is 2. The molecule has 0 spiro atoms. The van der Waals surface area contributed by atoms with Crippen LogP contribution in [-0.2, 0) is 32.7 Å². The molecule has 0 aliphatic carbocycles. The van der Waals surface area contributed by atoms with E-state index < -0.39 is 26.5 Å². The Balaban J connectivity index is 4.13. The third kappa shape index (κ3) is 53.4. The molecule has 0 saturated carbocycles. The van der Waals surface area contributed by atoms with E-state index in [2.05, 4.69) is 50.3 Å². The Morgan fingerprint density at radius 3 is 1.19 bits per heavy atom. The van der Waals surface area contributed by atoms with Gasteiger partial charge in [-0.15, -0.1) is 0 Å². The predicted molar refractivity (Wildman–Crippen MR) is 284 cm³/mol. The number of phosphoric ester groups is 1. The first-order valence-electron chi connectivity index (χ1n) is 28.2. The first kappa shape index (κ1) is 65.2. The monoisotopic (exact) mass is 967 g/mol. The molecule has 0 aromatic rings. The molecular weight excluding hydrogens is 858 g/mol. The molecule has 0 aromatic carbocycles. The van der Waals surface area contributed by atoms with Gasteiger partial charge in [-0.3, -0.25) is 18.6 Å². The maximum atomic E-state index is 12.8. The van der Waals surface area contributed by atoms with Crippen molar-refractivity contribution in [2.45, 2.75) is 270 Å². The van der Waals surface area contributed by atoms with Crippen LogP contribution in [0.15, 0.2) is 36.5 Å². The van der Waals surface area contributed by atoms with Crippen molar-refractivity contribution in [3.8, 4) is 0 Å². The van der Waals surface area contributed by atoms with Crippen molar-refractivity contribution in [1.82, 2.24) is 0 Å². The average Bonchev–Trinajstić information content (AvgIpc) is 3.29. The minimum Gasteiger partial charge on any atom is -0.462 e. The van der Waals surface area contributed by atoms with Crippen molar-refractivity contribution in [3.63, 3.8) is 0 Å². The molecule has 0 saturated heterocycles. The summed E-state index contributed by atoms with van der Waals surface area (Å²) in [6.45, 7) is 4.44. The number of nitrogens with zero attached hydrogens (tertiary/aromatic N) is 1. The van der Waals surface area contributed by atoms with Crippen LogP contribution in [0.5, 0.6) is 0 Å². The fourth-order valence-corrected chi connectivity index (χ4v) is 8.72. The minimum atomic E-state index is -4.38. The van der Waals surface area contributed by atoms with Crippen LogP contribution in [0, 0.1) is 0 Å². The average molecular weight is 967 g/mol. The molecule has 2 atom stereocenters. The van der Waals surface area contributed by atoms with E-state index in [-0.39, 0.29) is 32.0 Å². The minimum absolute atomic E-state index is 0.0315. The molecule has 67 heavy (non-hydrogen) atoms. The normalized spacial score (nSPS) is 13.6. The van der Waals surface area contributed by atoms with Crippen LogP contribution in [-0.4, -0.2) is 74.9 Å². The van der Waals surface area contributed by atoms with E-state index in [1.807, 2.05) is 21.1 Å². The zero-order valence-electron chi connectivity index (χ0n) is 44.6. The Hall–Kier alpha value is -1.77. The van der Waals surface area contributed by atoms with Gasteiger partial charge in [0.2, 0.25) is 0 Å². The van der Waals surface area contributed by atoms with Crippen LogP contribution in [0.2, 0.25) is 0 Å². The van der Waals surface area contributed by atoms with E-state index in [9.17, 15) is 19.0 Å². The van der Waals surface area contributed by atoms with Crippen molar-refractivity contribution >= 4 is 19.8 Å². The second-order valence-electron chi connectivity index (χ2n) is 20.3. The molecule has 0 aliphatic heterocycles. The van der Waals surface area contributed by atoms with E-state index >= 15 is 0 Å². The van der Waals surface area contributed by atoms with Crippen LogP contribution < -0.4 is 0 Å². The van der Waals surface area contributed by atoms with E-state index in [0.717, 1.165) is 57.8 Å². The second-order valence-corrected chi connectivity index (χ2v) is 21.8. The molecule has 0 bridgehead atoms. The summed E-state index contributed by atoms with van der Waals surface area (Å²) in [6.07, 6.45) is 59.2. The number of ether oxygens (including phenoxy) is 2. The summed E-state index contributed by atoms with van der Waals surface area (Å²) < 4.78 is 34.5. The Morgan fingerprint density at radius 2 is 0.806 bits per heavy atom. The van der Waals surface area contributed by atoms with Gasteiger partial charge in [0.15, 0.2) is 6.10 Å². The van der Waals surface area contributed by atoms with Crippen LogP contribution in [0.1, 0.15) is 264 Å². The predicted octanol–water partition coefficient (Wildman–Crippen LogP) is 17.2. The van der Waals surface area contributed by atoms with Gasteiger partial charge in [0.25, 0.3) is 0 Å². The lowest BCUT2D eigenvalue weighted by atomic mass is 10.0. The highest BCUT2D eigenvalue weighted by Gasteiger charge is 2.27. The fraction of sp³-hybridized carbons (Fsp3) is 0.860. The molecule has 1 N–H and O–H groups in total. The standard InChI is InChI=1S/C57H108NO8P/c1-6-8-10-12-14-16-18-20-22-24-25-26-27-28-29-30-31-32-33-34-36-38-40-42-44-46-48-50-57(60)66-55(54-65-67(61,62)64-52-51-58(3,4)5)53-63-56(59)49-47-45-43-41-39-37-35-23-21-19-17-15-13-11-9-7-2/h18,20,23-25,35,55H,6-17,19,21-22,26-34,36-54H2,1-5H3/p+1/b20-18-,25-24-,35-23-. The highest BCUT2D eigenvalue weighted by atomic mass is 31.2. The summed E-state index contributed by atoms with van der Waals surface area (Å²) in [5.74, 6) is -0.798. The zero-order valence-corrected chi connectivity index (χ0v) is 45.5. The van der Waals surface area contributed by atoms with E-state index in [1.165, 1.54) is 173 Å². The summed E-state index contributed by atoms with van der Waals surface area (Å²) in [4.78, 5) is 35.6. The van der Waals surface area contributed by atoms with Gasteiger partial charge < -0.3 is 18.9 Å². The molecule has 10 heteroatoms. The van der Waals surface area contributed by atoms with Gasteiger partial charge in [-0.2, -0.15) is 0 Å². The van der Waals surface area contributed by atoms with Crippen molar-refractivity contribution in [1.29, 1.82) is 0 Å². The Kier molecular flexibility index (Phi) is 47.9. The van der Waals surface area contributed by atoms with Gasteiger partial charge in [0, 0.05) is 12.8 Å². The molecule has 9 nitrogen and oxygen atoms in total. The number of unbranched alkanes of at least 4 members (excludes halogenated alkanes) is 32. The third-order valence-corrected chi connectivity index (χ3v) is 13.4. The zero-order chi connectivity index (χ0) is 49.2. The summed E-state index contributed by atoms with van der Waals surface area (Å²) >= 11 is 0. The molecule has 0 rings (SSSR count). The van der Waals surface area contributed by atoms with Crippen molar-refractivity contribution in [2.75, 3.05) is 47.5 Å². The number of phosphoric acid groups is 1. The molecule has 0 radical (unpaired) electrons. The molecule has 394 valence electrons. The summed E-state index contributed by atoms with van der Waals surface area (Å²) in [5.41, 5.74) is 0. The smallest absolute Gasteiger partial charge is 0.462 e. The van der Waals surface area contributed by atoms with Crippen LogP contribution in [0.4, 0.5) is 0 Å². The summed E-state index contributed by atoms with van der Waals surface area (Å²) in [6, 6.07) is 0. The van der Waals surface area contributed by atoms with E-state index in [1.54, 1.807) is 0 Å². The van der Waals surface area contributed by atoms with Crippen molar-refractivity contribution in [2.24, 2.45) is 0 Å². The third-order valence-electron chi connectivity index (χ3n) is 12.4. The lowest BCUT2D eigenvalue weighted by molar-refractivity contribution is -0.870. The van der Waals surface area contributed by atoms with Crippen LogP contribution in [0.25, 0.3) is 0 Å². The molecule has 0 aliphatic rings. The SMILES string of the molecule is CCCCCCC/C=C\C/C=C\CCCCCCCCCCCCCCCCCC(=O)OC(COC(=O)CCCCCCC/C=C\CCCCCCCCC)COP(=O)(O)OCC[N+](C)(C)C. The van der Waals surface area contributed by atoms with E-state index in [0.29, 0.717) is 17.4 Å². The largest absolute Gasteiger partial charge is 0.472 e. The maximum Gasteiger partial charge on any atom is 0.472 e. The molecule has 0 heterocycles. The number of quaternary nitrogens is 1. The van der Waals surface area contributed by atoms with Gasteiger partial charge in [-0.25, -0.2) is 4.57 Å². The highest BCUT2D eigenvalue weighted by Crippen LogP contribution is 2.43. The van der Waals surface area contributed by atoms with Crippen LogP contribution in [0.3, 0.4) is 0 Å². The second kappa shape index (κ2) is 49.2. The molecule has 2 unspecified atom stereocenters. The number of rotatable bonds is 52. The number of allylic oxidation sites excluding steroid dienone is 6. The first-order valence-corrected chi connectivity index (χ1v) is 29.7. The summed E-state index contributed by atoms with van der Waals surface area (Å²) in [5, 5.41) is 0. The van der Waals surface area contributed by atoms with Gasteiger partial charge in [0.1, 0.15) is 19.8 Å². The number of hydrogen-bond donors (Lipinski definition) is 1. The number of carbonyl (C=O) groups excluding carboxylic acids is 2. The maximum absolute atomic E-state index is 12.8. The van der Waals surface area contributed by atoms with Gasteiger partial charge in [0.05, 0.1) is 27.7 Å². The van der Waals surface area contributed by atoms with Crippen LogP contribution >= 0.6 is 7.82 Å². The molecule has 0 aromatic heterocycles. The van der Waals surface area contributed by atoms with Gasteiger partial charge >= 0.3 is 19.8 Å². The summed E-state index contributed by atoms with van der Waals surface area (Å²) in [7, 11) is 1.48. The topological polar surface area (TPSA) is 108 Å². The lowest BCUT2D eigenvalue weighted by Gasteiger charge is -2.24. The Morgan fingerprint density at radius 1 is 0.463 bits per heavy atom. The molecule has 0 fully saturated rings. The number of carbonyl (C=O) groups is 2. The lowest BCUT2D eigenvalue weighted by Crippen LogP contribution is -2.37. The van der Waals surface area contributed by atoms with Crippen molar-refractivity contribution in [3.05, 3.63) is 36.5 Å². The first-order chi connectivity index (χ1) is 32.5. The fourth-order valence-electron chi connectivity index (χ4n) is 7.98. The quantitative estimate of drug-likeness (QED) is 0.0211. The molecule has 0 amide bonds. The van der Waals surface area contributed by atoms with Gasteiger partial charge in [-0.1, -0.05) is 217 Å². The Labute approximate surface area is 414 Å². The highest BCUT2D eigenvalue weighted by molar-refractivity contribution is 7.47. The molecular formula is C57H109NO8P+. The number of hydrogen-bond acceptors (Lipinski definition) is 7.